The highest BCUT2D eigenvalue weighted by atomic mass is 32.1. The van der Waals surface area contributed by atoms with E-state index < -0.39 is 0 Å². The van der Waals surface area contributed by atoms with Crippen molar-refractivity contribution in [1.82, 2.24) is 4.98 Å². The van der Waals surface area contributed by atoms with Gasteiger partial charge in [0.2, 0.25) is 0 Å². The Morgan fingerprint density at radius 2 is 1.94 bits per heavy atom. The average Bonchev–Trinajstić information content (AvgIpc) is 2.85. The molecule has 0 amide bonds. The molecule has 18 heavy (non-hydrogen) atoms. The minimum Gasteiger partial charge on any atom is -0.330 e. The van der Waals surface area contributed by atoms with Crippen LogP contribution in [0, 0.1) is 0 Å². The van der Waals surface area contributed by atoms with Gasteiger partial charge in [0.15, 0.2) is 0 Å². The lowest BCUT2D eigenvalue weighted by Gasteiger charge is -2.20. The van der Waals surface area contributed by atoms with E-state index in [1.54, 1.807) is 4.88 Å². The molecule has 1 heterocycles. The summed E-state index contributed by atoms with van der Waals surface area (Å²) in [6.07, 6.45) is 12.0. The molecule has 0 bridgehead atoms. The van der Waals surface area contributed by atoms with E-state index in [2.05, 4.69) is 0 Å². The molecule has 2 aliphatic carbocycles. The molecule has 1 atom stereocenters. The van der Waals surface area contributed by atoms with Crippen LogP contribution in [0.25, 0.3) is 0 Å². The van der Waals surface area contributed by atoms with Crippen molar-refractivity contribution in [3.8, 4) is 0 Å². The zero-order chi connectivity index (χ0) is 12.4. The Bertz CT molecular complexity index is 393. The van der Waals surface area contributed by atoms with Gasteiger partial charge in [-0.2, -0.15) is 0 Å². The molecule has 0 aromatic carbocycles. The maximum Gasteiger partial charge on any atom is 0.0962 e. The number of hydrogen-bond acceptors (Lipinski definition) is 3. The second-order valence-electron chi connectivity index (χ2n) is 5.86. The summed E-state index contributed by atoms with van der Waals surface area (Å²) in [6, 6.07) is 0. The Kier molecular flexibility index (Phi) is 4.00. The van der Waals surface area contributed by atoms with Crippen LogP contribution in [-0.4, -0.2) is 11.5 Å². The normalized spacial score (nSPS) is 25.1. The van der Waals surface area contributed by atoms with Gasteiger partial charge in [-0.15, -0.1) is 11.3 Å². The molecule has 1 aromatic heterocycles. The van der Waals surface area contributed by atoms with Crippen LogP contribution >= 0.6 is 11.3 Å². The Morgan fingerprint density at radius 3 is 2.72 bits per heavy atom. The van der Waals surface area contributed by atoms with Crippen LogP contribution in [-0.2, 0) is 6.42 Å². The van der Waals surface area contributed by atoms with Crippen molar-refractivity contribution < 1.29 is 0 Å². The molecule has 0 aliphatic heterocycles. The van der Waals surface area contributed by atoms with Crippen LogP contribution in [0.1, 0.15) is 78.8 Å². The molecule has 1 fully saturated rings. The number of hydrogen-bond donors (Lipinski definition) is 1. The summed E-state index contributed by atoms with van der Waals surface area (Å²) in [4.78, 5) is 6.62. The second-order valence-corrected chi connectivity index (χ2v) is 6.98. The van der Waals surface area contributed by atoms with Crippen molar-refractivity contribution in [1.29, 1.82) is 0 Å². The number of rotatable bonds is 3. The van der Waals surface area contributed by atoms with E-state index in [0.717, 1.165) is 18.9 Å². The van der Waals surface area contributed by atoms with Crippen LogP contribution in [0.15, 0.2) is 0 Å². The molecule has 2 nitrogen and oxygen atoms in total. The zero-order valence-corrected chi connectivity index (χ0v) is 12.0. The van der Waals surface area contributed by atoms with Gasteiger partial charge in [0.1, 0.15) is 0 Å². The van der Waals surface area contributed by atoms with Crippen LogP contribution in [0.5, 0.6) is 0 Å². The summed E-state index contributed by atoms with van der Waals surface area (Å²) in [7, 11) is 0. The van der Waals surface area contributed by atoms with E-state index in [0.29, 0.717) is 5.92 Å². The van der Waals surface area contributed by atoms with E-state index in [4.69, 9.17) is 10.7 Å². The van der Waals surface area contributed by atoms with Crippen molar-refractivity contribution in [3.63, 3.8) is 0 Å². The van der Waals surface area contributed by atoms with E-state index >= 15 is 0 Å². The fourth-order valence-corrected chi connectivity index (χ4v) is 4.89. The fourth-order valence-electron chi connectivity index (χ4n) is 3.53. The van der Waals surface area contributed by atoms with E-state index in [1.807, 2.05) is 11.3 Å². The van der Waals surface area contributed by atoms with Crippen molar-refractivity contribution >= 4 is 11.3 Å². The molecule has 0 spiro atoms. The summed E-state index contributed by atoms with van der Waals surface area (Å²) in [5.74, 6) is 1.43. The largest absolute Gasteiger partial charge is 0.330 e. The van der Waals surface area contributed by atoms with Gasteiger partial charge in [0, 0.05) is 16.7 Å². The molecule has 0 radical (unpaired) electrons. The van der Waals surface area contributed by atoms with Crippen molar-refractivity contribution in [2.45, 2.75) is 69.6 Å². The number of aromatic nitrogens is 1. The highest BCUT2D eigenvalue weighted by molar-refractivity contribution is 7.11. The van der Waals surface area contributed by atoms with Gasteiger partial charge < -0.3 is 5.73 Å². The predicted molar refractivity (Wildman–Crippen MR) is 77.3 cm³/mol. The third-order valence-electron chi connectivity index (χ3n) is 4.56. The lowest BCUT2D eigenvalue weighted by Crippen LogP contribution is -2.13. The third kappa shape index (κ3) is 2.48. The smallest absolute Gasteiger partial charge is 0.0962 e. The number of nitrogens with two attached hydrogens (primary N) is 1. The third-order valence-corrected chi connectivity index (χ3v) is 5.85. The Balaban J connectivity index is 1.81. The molecule has 100 valence electrons. The van der Waals surface area contributed by atoms with Crippen molar-refractivity contribution in [2.24, 2.45) is 5.73 Å². The molecule has 3 rings (SSSR count). The SMILES string of the molecule is NCCC1CCCc2sc(C3CCCCC3)nc21. The number of fused-ring (bicyclic) bond motifs is 1. The first kappa shape index (κ1) is 12.6. The Hall–Kier alpha value is -0.410. The standard InChI is InChI=1S/C15H24N2S/c16-10-9-11-7-4-8-13-14(11)17-15(18-13)12-5-2-1-3-6-12/h11-12H,1-10,16H2. The fraction of sp³-hybridized carbons (Fsp3) is 0.800. The minimum atomic E-state index is 0.660. The summed E-state index contributed by atoms with van der Waals surface area (Å²) >= 11 is 2.02. The lowest BCUT2D eigenvalue weighted by molar-refractivity contribution is 0.440. The van der Waals surface area contributed by atoms with Gasteiger partial charge in [-0.1, -0.05) is 19.3 Å². The highest BCUT2D eigenvalue weighted by Crippen LogP contribution is 2.41. The van der Waals surface area contributed by atoms with Gasteiger partial charge in [-0.3, -0.25) is 0 Å². The molecule has 0 saturated heterocycles. The van der Waals surface area contributed by atoms with Crippen molar-refractivity contribution in [2.75, 3.05) is 6.54 Å². The number of thiazole rings is 1. The van der Waals surface area contributed by atoms with E-state index in [1.165, 1.54) is 62.1 Å². The van der Waals surface area contributed by atoms with Crippen LogP contribution in [0.2, 0.25) is 0 Å². The summed E-state index contributed by atoms with van der Waals surface area (Å²) in [5, 5.41) is 1.45. The number of nitrogens with zero attached hydrogens (tertiary/aromatic N) is 1. The number of aryl methyl sites for hydroxylation is 1. The van der Waals surface area contributed by atoms with Gasteiger partial charge >= 0.3 is 0 Å². The molecule has 1 aromatic rings. The summed E-state index contributed by atoms with van der Waals surface area (Å²) < 4.78 is 0. The summed E-state index contributed by atoms with van der Waals surface area (Å²) in [5.41, 5.74) is 7.17. The molecular formula is C15H24N2S. The molecule has 3 heteroatoms. The predicted octanol–water partition coefficient (Wildman–Crippen LogP) is 3.96. The molecule has 2 aliphatic rings. The first-order valence-electron chi connectivity index (χ1n) is 7.58. The maximum absolute atomic E-state index is 5.74. The first-order chi connectivity index (χ1) is 8.88. The molecular weight excluding hydrogens is 240 g/mol. The van der Waals surface area contributed by atoms with E-state index in [9.17, 15) is 0 Å². The van der Waals surface area contributed by atoms with Crippen molar-refractivity contribution in [3.05, 3.63) is 15.6 Å². The minimum absolute atomic E-state index is 0.660. The van der Waals surface area contributed by atoms with Crippen LogP contribution in [0.3, 0.4) is 0 Å². The van der Waals surface area contributed by atoms with Crippen LogP contribution in [0.4, 0.5) is 0 Å². The molecule has 1 saturated carbocycles. The van der Waals surface area contributed by atoms with E-state index in [-0.39, 0.29) is 0 Å². The van der Waals surface area contributed by atoms with Gasteiger partial charge in [0.05, 0.1) is 10.7 Å². The summed E-state index contributed by atoms with van der Waals surface area (Å²) in [6.45, 7) is 0.806. The maximum atomic E-state index is 5.74. The topological polar surface area (TPSA) is 38.9 Å². The monoisotopic (exact) mass is 264 g/mol. The lowest BCUT2D eigenvalue weighted by atomic mass is 9.88. The Labute approximate surface area is 114 Å². The van der Waals surface area contributed by atoms with Gasteiger partial charge in [0.25, 0.3) is 0 Å². The van der Waals surface area contributed by atoms with Crippen LogP contribution < -0.4 is 5.73 Å². The van der Waals surface area contributed by atoms with Gasteiger partial charge in [-0.25, -0.2) is 4.98 Å². The quantitative estimate of drug-likeness (QED) is 0.897. The highest BCUT2D eigenvalue weighted by Gasteiger charge is 2.27. The zero-order valence-electron chi connectivity index (χ0n) is 11.2. The molecule has 1 unspecified atom stereocenters. The van der Waals surface area contributed by atoms with Gasteiger partial charge in [-0.05, 0) is 45.1 Å². The molecule has 2 N–H and O–H groups in total. The Morgan fingerprint density at radius 1 is 1.11 bits per heavy atom. The first-order valence-corrected chi connectivity index (χ1v) is 8.39. The second kappa shape index (κ2) is 5.70. The average molecular weight is 264 g/mol.